The van der Waals surface area contributed by atoms with Gasteiger partial charge in [-0.1, -0.05) is 5.21 Å². The molecule has 0 spiro atoms. The first-order chi connectivity index (χ1) is 12.5. The summed E-state index contributed by atoms with van der Waals surface area (Å²) in [5.41, 5.74) is 1.12. The van der Waals surface area contributed by atoms with Crippen molar-refractivity contribution in [3.8, 4) is 5.75 Å². The van der Waals surface area contributed by atoms with E-state index in [1.165, 1.54) is 12.1 Å². The molecule has 7 nitrogen and oxygen atoms in total. The number of carbonyl (C=O) groups is 1. The van der Waals surface area contributed by atoms with Crippen molar-refractivity contribution in [1.82, 2.24) is 25.6 Å². The van der Waals surface area contributed by atoms with Gasteiger partial charge in [0.15, 0.2) is 5.69 Å². The van der Waals surface area contributed by atoms with Crippen molar-refractivity contribution in [3.63, 3.8) is 0 Å². The second-order valence-corrected chi connectivity index (χ2v) is 6.54. The van der Waals surface area contributed by atoms with Gasteiger partial charge in [0, 0.05) is 0 Å². The normalized spacial score (nSPS) is 16.3. The molecule has 1 amide bonds. The second-order valence-electron chi connectivity index (χ2n) is 6.54. The Morgan fingerprint density at radius 2 is 2.08 bits per heavy atom. The zero-order chi connectivity index (χ0) is 18.5. The van der Waals surface area contributed by atoms with Crippen molar-refractivity contribution in [2.75, 3.05) is 19.6 Å². The molecule has 1 fully saturated rings. The van der Waals surface area contributed by atoms with E-state index in [9.17, 15) is 9.18 Å². The maximum Gasteiger partial charge on any atom is 0.273 e. The fourth-order valence-corrected chi connectivity index (χ4v) is 3.06. The van der Waals surface area contributed by atoms with Gasteiger partial charge in [-0.3, -0.25) is 4.79 Å². The highest BCUT2D eigenvalue weighted by molar-refractivity contribution is 5.93. The number of nitrogens with zero attached hydrogens (tertiary/aromatic N) is 3. The van der Waals surface area contributed by atoms with E-state index in [4.69, 9.17) is 4.74 Å². The summed E-state index contributed by atoms with van der Waals surface area (Å²) >= 11 is 0. The predicted molar refractivity (Wildman–Crippen MR) is 94.7 cm³/mol. The van der Waals surface area contributed by atoms with Gasteiger partial charge in [-0.25, -0.2) is 9.07 Å². The van der Waals surface area contributed by atoms with Crippen LogP contribution in [0.5, 0.6) is 5.75 Å². The summed E-state index contributed by atoms with van der Waals surface area (Å²) < 4.78 is 20.4. The quantitative estimate of drug-likeness (QED) is 0.821. The Morgan fingerprint density at radius 3 is 2.77 bits per heavy atom. The number of rotatable bonds is 6. The van der Waals surface area contributed by atoms with E-state index in [0.29, 0.717) is 18.0 Å². The average Bonchev–Trinajstić information content (AvgIpc) is 3.04. The number of hydrogen-bond acceptors (Lipinski definition) is 5. The Morgan fingerprint density at radius 1 is 1.38 bits per heavy atom. The monoisotopic (exact) mass is 361 g/mol. The molecule has 1 unspecified atom stereocenters. The molecule has 0 aliphatic carbocycles. The summed E-state index contributed by atoms with van der Waals surface area (Å²) in [5.74, 6) is -0.0240. The van der Waals surface area contributed by atoms with Gasteiger partial charge in [-0.05, 0) is 64.0 Å². The van der Waals surface area contributed by atoms with Gasteiger partial charge in [0.1, 0.15) is 17.7 Å². The summed E-state index contributed by atoms with van der Waals surface area (Å²) in [6.45, 7) is 5.92. The van der Waals surface area contributed by atoms with Crippen LogP contribution < -0.4 is 15.4 Å². The lowest BCUT2D eigenvalue weighted by atomic mass is 10.1. The fraction of sp³-hybridized carbons (Fsp3) is 0.500. The molecule has 0 saturated carbocycles. The van der Waals surface area contributed by atoms with E-state index in [1.807, 2.05) is 18.5 Å². The van der Waals surface area contributed by atoms with E-state index >= 15 is 0 Å². The number of aromatic nitrogens is 3. The number of ether oxygens (including phenoxy) is 1. The Kier molecular flexibility index (Phi) is 5.82. The Balaban J connectivity index is 1.54. The standard InChI is InChI=1S/C18H24FN5O2/c1-12(26-16-5-3-14(19)4-6-16)11-21-18(25)17-13(2)24(23-22-17)15-7-9-20-10-8-15/h3-6,12,15,20H,7-11H2,1-2H3,(H,21,25). The van der Waals surface area contributed by atoms with Crippen molar-refractivity contribution in [2.24, 2.45) is 0 Å². The van der Waals surface area contributed by atoms with Gasteiger partial charge >= 0.3 is 0 Å². The lowest BCUT2D eigenvalue weighted by Crippen LogP contribution is -2.34. The van der Waals surface area contributed by atoms with Crippen LogP contribution in [-0.4, -0.2) is 46.6 Å². The van der Waals surface area contributed by atoms with Crippen LogP contribution in [0.3, 0.4) is 0 Å². The number of hydrogen-bond donors (Lipinski definition) is 2. The van der Waals surface area contributed by atoms with Crippen molar-refractivity contribution in [1.29, 1.82) is 0 Å². The van der Waals surface area contributed by atoms with Crippen molar-refractivity contribution >= 4 is 5.91 Å². The average molecular weight is 361 g/mol. The zero-order valence-electron chi connectivity index (χ0n) is 15.0. The molecule has 3 rings (SSSR count). The van der Waals surface area contributed by atoms with Gasteiger partial charge in [0.05, 0.1) is 18.3 Å². The number of nitrogens with one attached hydrogen (secondary N) is 2. The van der Waals surface area contributed by atoms with E-state index in [2.05, 4.69) is 20.9 Å². The maximum atomic E-state index is 12.9. The summed E-state index contributed by atoms with van der Waals surface area (Å²) in [7, 11) is 0. The Hall–Kier alpha value is -2.48. The van der Waals surface area contributed by atoms with Crippen LogP contribution in [0.1, 0.15) is 42.0 Å². The molecule has 26 heavy (non-hydrogen) atoms. The smallest absolute Gasteiger partial charge is 0.273 e. The molecule has 0 radical (unpaired) electrons. The molecule has 2 N–H and O–H groups in total. The van der Waals surface area contributed by atoms with Crippen LogP contribution in [0.4, 0.5) is 4.39 Å². The van der Waals surface area contributed by atoms with Crippen LogP contribution in [-0.2, 0) is 0 Å². The van der Waals surface area contributed by atoms with Gasteiger partial charge in [0.2, 0.25) is 0 Å². The Bertz CT molecular complexity index is 741. The molecule has 1 aliphatic heterocycles. The third-order valence-corrected chi connectivity index (χ3v) is 4.50. The summed E-state index contributed by atoms with van der Waals surface area (Å²) in [6.07, 6.45) is 1.70. The van der Waals surface area contributed by atoms with E-state index in [1.54, 1.807) is 12.1 Å². The van der Waals surface area contributed by atoms with Crippen molar-refractivity contribution in [3.05, 3.63) is 41.5 Å². The maximum absolute atomic E-state index is 12.9. The molecular weight excluding hydrogens is 337 g/mol. The van der Waals surface area contributed by atoms with Crippen LogP contribution in [0.15, 0.2) is 24.3 Å². The molecule has 1 atom stereocenters. The van der Waals surface area contributed by atoms with Crippen LogP contribution in [0.2, 0.25) is 0 Å². The highest BCUT2D eigenvalue weighted by Gasteiger charge is 2.23. The second kappa shape index (κ2) is 8.27. The molecule has 2 heterocycles. The predicted octanol–water partition coefficient (Wildman–Crippen LogP) is 1.85. The summed E-state index contributed by atoms with van der Waals surface area (Å²) in [6, 6.07) is 6.07. The highest BCUT2D eigenvalue weighted by Crippen LogP contribution is 2.20. The first-order valence-electron chi connectivity index (χ1n) is 8.87. The topological polar surface area (TPSA) is 81.1 Å². The molecule has 1 aromatic heterocycles. The van der Waals surface area contributed by atoms with Crippen LogP contribution in [0, 0.1) is 12.7 Å². The fourth-order valence-electron chi connectivity index (χ4n) is 3.06. The molecule has 2 aromatic rings. The SMILES string of the molecule is Cc1c(C(=O)NCC(C)Oc2ccc(F)cc2)nnn1C1CCNCC1. The number of benzene rings is 1. The van der Waals surface area contributed by atoms with Gasteiger partial charge in [0.25, 0.3) is 5.91 Å². The van der Waals surface area contributed by atoms with Gasteiger partial charge < -0.3 is 15.4 Å². The largest absolute Gasteiger partial charge is 0.489 e. The molecule has 8 heteroatoms. The summed E-state index contributed by atoms with van der Waals surface area (Å²) in [4.78, 5) is 12.4. The van der Waals surface area contributed by atoms with Gasteiger partial charge in [-0.2, -0.15) is 0 Å². The lowest BCUT2D eigenvalue weighted by Gasteiger charge is -2.23. The third-order valence-electron chi connectivity index (χ3n) is 4.50. The molecule has 140 valence electrons. The first kappa shape index (κ1) is 18.3. The Labute approximate surface area is 151 Å². The van der Waals surface area contributed by atoms with Crippen molar-refractivity contribution in [2.45, 2.75) is 38.8 Å². The first-order valence-corrected chi connectivity index (χ1v) is 8.87. The number of piperidine rings is 1. The zero-order valence-corrected chi connectivity index (χ0v) is 15.0. The molecule has 1 aromatic carbocycles. The van der Waals surface area contributed by atoms with Crippen LogP contribution >= 0.6 is 0 Å². The number of carbonyl (C=O) groups excluding carboxylic acids is 1. The third kappa shape index (κ3) is 4.37. The summed E-state index contributed by atoms with van der Waals surface area (Å²) in [5, 5.41) is 14.4. The number of halogens is 1. The number of amides is 1. The van der Waals surface area contributed by atoms with E-state index in [0.717, 1.165) is 31.6 Å². The minimum absolute atomic E-state index is 0.260. The molecule has 1 aliphatic rings. The molecular formula is C18H24FN5O2. The van der Waals surface area contributed by atoms with E-state index < -0.39 is 0 Å². The molecule has 1 saturated heterocycles. The minimum atomic E-state index is -0.314. The van der Waals surface area contributed by atoms with Crippen LogP contribution in [0.25, 0.3) is 0 Å². The minimum Gasteiger partial charge on any atom is -0.489 e. The molecule has 0 bridgehead atoms. The van der Waals surface area contributed by atoms with Gasteiger partial charge in [-0.15, -0.1) is 5.10 Å². The highest BCUT2D eigenvalue weighted by atomic mass is 19.1. The van der Waals surface area contributed by atoms with Crippen molar-refractivity contribution < 1.29 is 13.9 Å². The van der Waals surface area contributed by atoms with E-state index in [-0.39, 0.29) is 23.9 Å². The lowest BCUT2D eigenvalue weighted by molar-refractivity contribution is 0.0926.